The molecule has 0 bridgehead atoms. The SMILES string of the molecule is COC1(CNc2nc(C)cc3ccccc23)CCC1. The molecule has 1 heterocycles. The third kappa shape index (κ3) is 2.30. The van der Waals surface area contributed by atoms with Gasteiger partial charge in [-0.25, -0.2) is 4.98 Å². The van der Waals surface area contributed by atoms with Gasteiger partial charge in [0.2, 0.25) is 0 Å². The zero-order valence-corrected chi connectivity index (χ0v) is 11.6. The highest BCUT2D eigenvalue weighted by molar-refractivity contribution is 5.92. The van der Waals surface area contributed by atoms with Crippen LogP contribution in [0.2, 0.25) is 0 Å². The van der Waals surface area contributed by atoms with Gasteiger partial charge in [0.1, 0.15) is 5.82 Å². The van der Waals surface area contributed by atoms with Crippen molar-refractivity contribution in [1.29, 1.82) is 0 Å². The molecule has 100 valence electrons. The van der Waals surface area contributed by atoms with E-state index < -0.39 is 0 Å². The lowest BCUT2D eigenvalue weighted by atomic mass is 9.80. The fourth-order valence-electron chi connectivity index (χ4n) is 2.74. The van der Waals surface area contributed by atoms with Gasteiger partial charge in [0.15, 0.2) is 0 Å². The number of aryl methyl sites for hydroxylation is 1. The average Bonchev–Trinajstić information content (AvgIpc) is 2.37. The molecule has 1 saturated carbocycles. The van der Waals surface area contributed by atoms with Crippen LogP contribution in [0.4, 0.5) is 5.82 Å². The second-order valence-corrected chi connectivity index (χ2v) is 5.43. The Bertz CT molecular complexity index is 585. The highest BCUT2D eigenvalue weighted by Crippen LogP contribution is 2.35. The summed E-state index contributed by atoms with van der Waals surface area (Å²) in [5, 5.41) is 5.90. The van der Waals surface area contributed by atoms with Gasteiger partial charge in [-0.3, -0.25) is 0 Å². The zero-order chi connectivity index (χ0) is 13.3. The number of ether oxygens (including phenoxy) is 1. The molecule has 1 aliphatic carbocycles. The normalized spacial score (nSPS) is 17.2. The molecule has 3 rings (SSSR count). The number of aromatic nitrogens is 1. The van der Waals surface area contributed by atoms with E-state index in [4.69, 9.17) is 4.74 Å². The van der Waals surface area contributed by atoms with Gasteiger partial charge in [-0.2, -0.15) is 0 Å². The standard InChI is InChI=1S/C16H20N2O/c1-12-10-13-6-3-4-7-14(13)15(18-12)17-11-16(19-2)8-5-9-16/h3-4,6-7,10H,5,8-9,11H2,1-2H3,(H,17,18). The molecule has 1 aromatic heterocycles. The number of methoxy groups -OCH3 is 1. The van der Waals surface area contributed by atoms with Crippen LogP contribution < -0.4 is 5.32 Å². The molecule has 3 nitrogen and oxygen atoms in total. The van der Waals surface area contributed by atoms with E-state index >= 15 is 0 Å². The zero-order valence-electron chi connectivity index (χ0n) is 11.6. The van der Waals surface area contributed by atoms with Crippen LogP contribution in [-0.2, 0) is 4.74 Å². The van der Waals surface area contributed by atoms with Crippen molar-refractivity contribution in [1.82, 2.24) is 4.98 Å². The lowest BCUT2D eigenvalue weighted by Gasteiger charge is -2.40. The van der Waals surface area contributed by atoms with Gasteiger partial charge in [-0.05, 0) is 37.6 Å². The van der Waals surface area contributed by atoms with Crippen LogP contribution >= 0.6 is 0 Å². The third-order valence-corrected chi connectivity index (χ3v) is 4.14. The van der Waals surface area contributed by atoms with E-state index in [1.165, 1.54) is 17.2 Å². The fourth-order valence-corrected chi connectivity index (χ4v) is 2.74. The van der Waals surface area contributed by atoms with Gasteiger partial charge in [-0.15, -0.1) is 0 Å². The van der Waals surface area contributed by atoms with Crippen molar-refractivity contribution in [3.63, 3.8) is 0 Å². The van der Waals surface area contributed by atoms with Gasteiger partial charge in [0.25, 0.3) is 0 Å². The van der Waals surface area contributed by atoms with Crippen LogP contribution in [0, 0.1) is 6.92 Å². The van der Waals surface area contributed by atoms with Crippen molar-refractivity contribution in [3.05, 3.63) is 36.0 Å². The number of hydrogen-bond donors (Lipinski definition) is 1. The van der Waals surface area contributed by atoms with Crippen molar-refractivity contribution in [3.8, 4) is 0 Å². The molecule has 1 N–H and O–H groups in total. The smallest absolute Gasteiger partial charge is 0.134 e. The monoisotopic (exact) mass is 256 g/mol. The predicted octanol–water partition coefficient (Wildman–Crippen LogP) is 3.52. The first-order chi connectivity index (χ1) is 9.22. The molecule has 1 aliphatic rings. The van der Waals surface area contributed by atoms with Gasteiger partial charge in [0, 0.05) is 24.7 Å². The van der Waals surface area contributed by atoms with Crippen LogP contribution in [0.5, 0.6) is 0 Å². The van der Waals surface area contributed by atoms with Crippen LogP contribution in [0.3, 0.4) is 0 Å². The molecule has 2 aromatic rings. The minimum absolute atomic E-state index is 0.0204. The number of rotatable bonds is 4. The lowest BCUT2D eigenvalue weighted by molar-refractivity contribution is -0.0601. The second-order valence-electron chi connectivity index (χ2n) is 5.43. The van der Waals surface area contributed by atoms with Crippen molar-refractivity contribution in [2.75, 3.05) is 19.0 Å². The topological polar surface area (TPSA) is 34.1 Å². The van der Waals surface area contributed by atoms with E-state index in [1.54, 1.807) is 0 Å². The number of nitrogens with zero attached hydrogens (tertiary/aromatic N) is 1. The van der Waals surface area contributed by atoms with E-state index in [0.29, 0.717) is 0 Å². The minimum Gasteiger partial charge on any atom is -0.376 e. The molecule has 0 aliphatic heterocycles. The molecule has 19 heavy (non-hydrogen) atoms. The van der Waals surface area contributed by atoms with Crippen LogP contribution in [0.25, 0.3) is 10.8 Å². The summed E-state index contributed by atoms with van der Waals surface area (Å²) in [6, 6.07) is 10.5. The maximum Gasteiger partial charge on any atom is 0.134 e. The molecule has 3 heteroatoms. The summed E-state index contributed by atoms with van der Waals surface area (Å²) in [6.07, 6.45) is 3.54. The maximum absolute atomic E-state index is 5.65. The Balaban J connectivity index is 1.88. The summed E-state index contributed by atoms with van der Waals surface area (Å²) in [6.45, 7) is 2.87. The maximum atomic E-state index is 5.65. The van der Waals surface area contributed by atoms with Gasteiger partial charge < -0.3 is 10.1 Å². The van der Waals surface area contributed by atoms with E-state index in [1.807, 2.05) is 14.0 Å². The van der Waals surface area contributed by atoms with Crippen molar-refractivity contribution in [2.45, 2.75) is 31.8 Å². The first-order valence-electron chi connectivity index (χ1n) is 6.88. The molecule has 1 aromatic carbocycles. The first-order valence-corrected chi connectivity index (χ1v) is 6.88. The van der Waals surface area contributed by atoms with E-state index in [0.717, 1.165) is 30.9 Å². The quantitative estimate of drug-likeness (QED) is 0.908. The highest BCUT2D eigenvalue weighted by atomic mass is 16.5. The molecule has 0 spiro atoms. The molecular weight excluding hydrogens is 236 g/mol. The third-order valence-electron chi connectivity index (χ3n) is 4.14. The number of nitrogens with one attached hydrogen (secondary N) is 1. The largest absolute Gasteiger partial charge is 0.376 e. The molecule has 0 unspecified atom stereocenters. The van der Waals surface area contributed by atoms with E-state index in [2.05, 4.69) is 40.6 Å². The molecule has 1 fully saturated rings. The first kappa shape index (κ1) is 12.4. The highest BCUT2D eigenvalue weighted by Gasteiger charge is 2.36. The molecule has 0 atom stereocenters. The molecule has 0 radical (unpaired) electrons. The van der Waals surface area contributed by atoms with E-state index in [9.17, 15) is 0 Å². The Morgan fingerprint density at radius 2 is 2.11 bits per heavy atom. The van der Waals surface area contributed by atoms with Crippen molar-refractivity contribution < 1.29 is 4.74 Å². The number of anilines is 1. The summed E-state index contributed by atoms with van der Waals surface area (Å²) in [7, 11) is 1.81. The summed E-state index contributed by atoms with van der Waals surface area (Å²) in [5.74, 6) is 0.971. The van der Waals surface area contributed by atoms with Gasteiger partial charge in [-0.1, -0.05) is 24.3 Å². The predicted molar refractivity (Wildman–Crippen MR) is 78.6 cm³/mol. The summed E-state index contributed by atoms with van der Waals surface area (Å²) in [4.78, 5) is 4.63. The van der Waals surface area contributed by atoms with Crippen LogP contribution in [0.1, 0.15) is 25.0 Å². The molecule has 0 amide bonds. The Kier molecular flexibility index (Phi) is 3.15. The Hall–Kier alpha value is -1.61. The van der Waals surface area contributed by atoms with Crippen LogP contribution in [-0.4, -0.2) is 24.2 Å². The minimum atomic E-state index is 0.0204. The lowest BCUT2D eigenvalue weighted by Crippen LogP contribution is -2.45. The number of benzene rings is 1. The molecule has 0 saturated heterocycles. The Labute approximate surface area is 114 Å². The summed E-state index contributed by atoms with van der Waals surface area (Å²) < 4.78 is 5.65. The van der Waals surface area contributed by atoms with Gasteiger partial charge >= 0.3 is 0 Å². The Morgan fingerprint density at radius 3 is 2.79 bits per heavy atom. The second kappa shape index (κ2) is 4.82. The van der Waals surface area contributed by atoms with E-state index in [-0.39, 0.29) is 5.60 Å². The average molecular weight is 256 g/mol. The number of pyridine rings is 1. The Morgan fingerprint density at radius 1 is 1.32 bits per heavy atom. The summed E-state index contributed by atoms with van der Waals surface area (Å²) >= 11 is 0. The molecular formula is C16H20N2O. The van der Waals surface area contributed by atoms with Gasteiger partial charge in [0.05, 0.1) is 5.60 Å². The van der Waals surface area contributed by atoms with Crippen molar-refractivity contribution >= 4 is 16.6 Å². The number of fused-ring (bicyclic) bond motifs is 1. The van der Waals surface area contributed by atoms with Crippen LogP contribution in [0.15, 0.2) is 30.3 Å². The summed E-state index contributed by atoms with van der Waals surface area (Å²) in [5.41, 5.74) is 1.06. The number of hydrogen-bond acceptors (Lipinski definition) is 3. The van der Waals surface area contributed by atoms with Crippen molar-refractivity contribution in [2.24, 2.45) is 0 Å². The fraction of sp³-hybridized carbons (Fsp3) is 0.438.